The standard InChI is InChI=1S/C22H27ClO6/c1-12(2)28-20(24)11-26-15-5-6-17-18(9-15)27-10-19(22(17)25)29-16-7-13(3)21(23)14(4)8-16/h7-8,10,12,15,17-18H,5-6,9,11H2,1-4H3. The molecule has 1 heterocycles. The van der Waals surface area contributed by atoms with Crippen LogP contribution in [0.3, 0.4) is 0 Å². The van der Waals surface area contributed by atoms with Crippen molar-refractivity contribution in [1.29, 1.82) is 0 Å². The highest BCUT2D eigenvalue weighted by Crippen LogP contribution is 2.35. The number of ketones is 1. The molecule has 0 spiro atoms. The zero-order chi connectivity index (χ0) is 21.1. The molecule has 3 atom stereocenters. The average molecular weight is 423 g/mol. The summed E-state index contributed by atoms with van der Waals surface area (Å²) in [6.07, 6.45) is 2.65. The first-order chi connectivity index (χ1) is 13.7. The normalized spacial score (nSPS) is 23.9. The van der Waals surface area contributed by atoms with Crippen LogP contribution in [0.1, 0.15) is 44.2 Å². The Morgan fingerprint density at radius 3 is 2.59 bits per heavy atom. The summed E-state index contributed by atoms with van der Waals surface area (Å²) >= 11 is 6.19. The number of hydrogen-bond acceptors (Lipinski definition) is 6. The Morgan fingerprint density at radius 1 is 1.24 bits per heavy atom. The maximum Gasteiger partial charge on any atom is 0.332 e. The molecule has 0 aromatic heterocycles. The van der Waals surface area contributed by atoms with E-state index in [0.717, 1.165) is 11.1 Å². The maximum absolute atomic E-state index is 12.9. The zero-order valence-corrected chi connectivity index (χ0v) is 18.0. The van der Waals surface area contributed by atoms with E-state index < -0.39 is 0 Å². The first-order valence-electron chi connectivity index (χ1n) is 9.90. The van der Waals surface area contributed by atoms with Crippen molar-refractivity contribution in [1.82, 2.24) is 0 Å². The smallest absolute Gasteiger partial charge is 0.332 e. The highest BCUT2D eigenvalue weighted by atomic mass is 35.5. The molecule has 1 fully saturated rings. The summed E-state index contributed by atoms with van der Waals surface area (Å²) in [5.74, 6) is 0.0435. The van der Waals surface area contributed by atoms with Gasteiger partial charge >= 0.3 is 5.97 Å². The van der Waals surface area contributed by atoms with Crippen molar-refractivity contribution in [3.8, 4) is 5.75 Å². The molecule has 1 aromatic carbocycles. The van der Waals surface area contributed by atoms with Gasteiger partial charge in [0.1, 0.15) is 24.7 Å². The number of esters is 1. The van der Waals surface area contributed by atoms with E-state index in [0.29, 0.717) is 30.0 Å². The molecule has 2 aliphatic rings. The van der Waals surface area contributed by atoms with Crippen LogP contribution < -0.4 is 4.74 Å². The summed E-state index contributed by atoms with van der Waals surface area (Å²) in [5.41, 5.74) is 1.77. The average Bonchev–Trinajstić information content (AvgIpc) is 2.66. The summed E-state index contributed by atoms with van der Waals surface area (Å²) in [4.78, 5) is 24.5. The molecule has 6 nitrogen and oxygen atoms in total. The van der Waals surface area contributed by atoms with Crippen molar-refractivity contribution < 1.29 is 28.5 Å². The summed E-state index contributed by atoms with van der Waals surface area (Å²) in [7, 11) is 0. The summed E-state index contributed by atoms with van der Waals surface area (Å²) in [6.45, 7) is 7.29. The fourth-order valence-corrected chi connectivity index (χ4v) is 3.84. The van der Waals surface area contributed by atoms with Crippen molar-refractivity contribution in [3.63, 3.8) is 0 Å². The molecule has 1 aromatic rings. The topological polar surface area (TPSA) is 71.1 Å². The molecule has 0 N–H and O–H groups in total. The Morgan fingerprint density at radius 2 is 1.93 bits per heavy atom. The summed E-state index contributed by atoms with van der Waals surface area (Å²) in [6, 6.07) is 3.60. The third kappa shape index (κ3) is 5.31. The Labute approximate surface area is 176 Å². The lowest BCUT2D eigenvalue weighted by atomic mass is 9.80. The number of Topliss-reactive ketones (excluding diaryl/α,β-unsaturated/α-hetero) is 1. The second-order valence-corrected chi connectivity index (χ2v) is 8.26. The van der Waals surface area contributed by atoms with E-state index in [4.69, 9.17) is 30.5 Å². The van der Waals surface area contributed by atoms with Gasteiger partial charge < -0.3 is 18.9 Å². The van der Waals surface area contributed by atoms with Crippen molar-refractivity contribution in [2.24, 2.45) is 5.92 Å². The number of halogens is 1. The lowest BCUT2D eigenvalue weighted by molar-refractivity contribution is -0.158. The van der Waals surface area contributed by atoms with Crippen LogP contribution in [0, 0.1) is 19.8 Å². The minimum absolute atomic E-state index is 0.0656. The van der Waals surface area contributed by atoms with E-state index in [1.807, 2.05) is 13.8 Å². The Bertz CT molecular complexity index is 793. The molecule has 0 saturated heterocycles. The summed E-state index contributed by atoms with van der Waals surface area (Å²) in [5, 5.41) is 0.688. The minimum atomic E-state index is -0.383. The second-order valence-electron chi connectivity index (χ2n) is 7.89. The molecule has 3 rings (SSSR count). The number of allylic oxidation sites excluding steroid dienone is 1. The van der Waals surface area contributed by atoms with Crippen LogP contribution in [-0.2, 0) is 23.8 Å². The Kier molecular flexibility index (Phi) is 6.85. The number of carbonyl (C=O) groups excluding carboxylic acids is 2. The van der Waals surface area contributed by atoms with Crippen LogP contribution in [0.5, 0.6) is 5.75 Å². The molecular formula is C22H27ClO6. The fourth-order valence-electron chi connectivity index (χ4n) is 3.73. The van der Waals surface area contributed by atoms with Gasteiger partial charge in [0.2, 0.25) is 11.5 Å². The van der Waals surface area contributed by atoms with Gasteiger partial charge in [-0.2, -0.15) is 0 Å². The van der Waals surface area contributed by atoms with E-state index in [2.05, 4.69) is 0 Å². The molecule has 1 aliphatic heterocycles. The van der Waals surface area contributed by atoms with Crippen LogP contribution in [0.25, 0.3) is 0 Å². The van der Waals surface area contributed by atoms with Gasteiger partial charge in [-0.3, -0.25) is 4.79 Å². The third-order valence-electron chi connectivity index (χ3n) is 5.11. The van der Waals surface area contributed by atoms with E-state index in [9.17, 15) is 9.59 Å². The number of hydrogen-bond donors (Lipinski definition) is 0. The van der Waals surface area contributed by atoms with Gasteiger partial charge in [-0.15, -0.1) is 0 Å². The lowest BCUT2D eigenvalue weighted by Crippen LogP contribution is -2.43. The number of fused-ring (bicyclic) bond motifs is 1. The van der Waals surface area contributed by atoms with E-state index in [1.54, 1.807) is 26.0 Å². The molecule has 7 heteroatoms. The van der Waals surface area contributed by atoms with Crippen LogP contribution in [-0.4, -0.2) is 36.7 Å². The number of carbonyl (C=O) groups is 2. The van der Waals surface area contributed by atoms with Gasteiger partial charge in [-0.25, -0.2) is 4.79 Å². The van der Waals surface area contributed by atoms with Crippen LogP contribution in [0.15, 0.2) is 24.2 Å². The van der Waals surface area contributed by atoms with Crippen molar-refractivity contribution in [3.05, 3.63) is 40.3 Å². The third-order valence-corrected chi connectivity index (χ3v) is 5.71. The quantitative estimate of drug-likeness (QED) is 0.637. The minimum Gasteiger partial charge on any atom is -0.493 e. The molecular weight excluding hydrogens is 396 g/mol. The van der Waals surface area contributed by atoms with Crippen LogP contribution in [0.2, 0.25) is 5.02 Å². The molecule has 0 radical (unpaired) electrons. The fraction of sp³-hybridized carbons (Fsp3) is 0.545. The molecule has 1 saturated carbocycles. The van der Waals surface area contributed by atoms with Crippen LogP contribution in [0.4, 0.5) is 0 Å². The number of benzene rings is 1. The predicted octanol–water partition coefficient (Wildman–Crippen LogP) is 4.28. The Balaban J connectivity index is 1.59. The van der Waals surface area contributed by atoms with Gasteiger partial charge in [0.05, 0.1) is 18.1 Å². The maximum atomic E-state index is 12.9. The molecule has 29 heavy (non-hydrogen) atoms. The van der Waals surface area contributed by atoms with Gasteiger partial charge in [0.25, 0.3) is 0 Å². The van der Waals surface area contributed by atoms with Gasteiger partial charge in [-0.05, 0) is 63.8 Å². The highest BCUT2D eigenvalue weighted by Gasteiger charge is 2.41. The Hall–Kier alpha value is -2.05. The number of rotatable bonds is 6. The monoisotopic (exact) mass is 422 g/mol. The second kappa shape index (κ2) is 9.18. The van der Waals surface area contributed by atoms with Crippen molar-refractivity contribution in [2.45, 2.75) is 65.3 Å². The first-order valence-corrected chi connectivity index (χ1v) is 10.3. The van der Waals surface area contributed by atoms with Gasteiger partial charge in [0, 0.05) is 11.4 Å². The molecule has 0 amide bonds. The van der Waals surface area contributed by atoms with E-state index >= 15 is 0 Å². The highest BCUT2D eigenvalue weighted by molar-refractivity contribution is 6.32. The van der Waals surface area contributed by atoms with Gasteiger partial charge in [0.15, 0.2) is 0 Å². The van der Waals surface area contributed by atoms with E-state index in [-0.39, 0.29) is 48.3 Å². The van der Waals surface area contributed by atoms with Crippen molar-refractivity contribution >= 4 is 23.4 Å². The molecule has 1 aliphatic carbocycles. The SMILES string of the molecule is Cc1cc(OC2=COC3CC(OCC(=O)OC(C)C)CCC3C2=O)cc(C)c1Cl. The first kappa shape index (κ1) is 21.7. The van der Waals surface area contributed by atoms with Gasteiger partial charge in [-0.1, -0.05) is 11.6 Å². The molecule has 3 unspecified atom stereocenters. The van der Waals surface area contributed by atoms with Crippen LogP contribution >= 0.6 is 11.6 Å². The zero-order valence-electron chi connectivity index (χ0n) is 17.2. The van der Waals surface area contributed by atoms with E-state index in [1.165, 1.54) is 6.26 Å². The molecule has 158 valence electrons. The largest absolute Gasteiger partial charge is 0.493 e. The summed E-state index contributed by atoms with van der Waals surface area (Å²) < 4.78 is 22.3. The number of aryl methyl sites for hydroxylation is 2. The number of ether oxygens (including phenoxy) is 4. The lowest BCUT2D eigenvalue weighted by Gasteiger charge is -2.37. The molecule has 0 bridgehead atoms. The van der Waals surface area contributed by atoms with Crippen molar-refractivity contribution in [2.75, 3.05) is 6.61 Å². The predicted molar refractivity (Wildman–Crippen MR) is 108 cm³/mol.